The Kier molecular flexibility index (Phi) is 3.94. The van der Waals surface area contributed by atoms with Crippen LogP contribution in [0.25, 0.3) is 22.0 Å². The molecule has 0 spiro atoms. The quantitative estimate of drug-likeness (QED) is 0.670. The Hall–Kier alpha value is -1.85. The second-order valence-electron chi connectivity index (χ2n) is 4.77. The van der Waals surface area contributed by atoms with Crippen LogP contribution < -0.4 is 4.74 Å². The van der Waals surface area contributed by atoms with Gasteiger partial charge in [-0.1, -0.05) is 12.1 Å². The van der Waals surface area contributed by atoms with Gasteiger partial charge >= 0.3 is 0 Å². The number of fused-ring (bicyclic) bond motifs is 1. The summed E-state index contributed by atoms with van der Waals surface area (Å²) in [6.45, 7) is 0.226. The minimum absolute atomic E-state index is 0.226. The number of halogens is 1. The highest BCUT2D eigenvalue weighted by molar-refractivity contribution is 9.10. The van der Waals surface area contributed by atoms with Gasteiger partial charge in [-0.05, 0) is 51.3 Å². The van der Waals surface area contributed by atoms with E-state index < -0.39 is 0 Å². The molecule has 108 valence electrons. The van der Waals surface area contributed by atoms with Gasteiger partial charge in [0, 0.05) is 25.7 Å². The van der Waals surface area contributed by atoms with E-state index in [-0.39, 0.29) is 6.79 Å². The summed E-state index contributed by atoms with van der Waals surface area (Å²) in [4.78, 5) is 0. The zero-order valence-electron chi connectivity index (χ0n) is 11.8. The number of aryl methyl sites for hydroxylation is 1. The Morgan fingerprint density at radius 2 is 1.90 bits per heavy atom. The van der Waals surface area contributed by atoms with Gasteiger partial charge in [-0.2, -0.15) is 5.10 Å². The lowest BCUT2D eigenvalue weighted by Gasteiger charge is -2.09. The maximum atomic E-state index is 5.55. The van der Waals surface area contributed by atoms with Gasteiger partial charge in [0.2, 0.25) is 0 Å². The summed E-state index contributed by atoms with van der Waals surface area (Å²) in [7, 11) is 3.53. The van der Waals surface area contributed by atoms with Crippen molar-refractivity contribution in [3.63, 3.8) is 0 Å². The molecule has 5 heteroatoms. The molecule has 21 heavy (non-hydrogen) atoms. The topological polar surface area (TPSA) is 36.3 Å². The molecule has 0 N–H and O–H groups in total. The molecule has 0 atom stereocenters. The SMILES string of the molecule is COCOc1cc(-c2ccc3nn(C)cc3c2)ccc1Br. The first kappa shape index (κ1) is 14.1. The molecule has 0 fully saturated rings. The average molecular weight is 347 g/mol. The molecule has 1 heterocycles. The van der Waals surface area contributed by atoms with Crippen LogP contribution in [0.4, 0.5) is 0 Å². The number of hydrogen-bond donors (Lipinski definition) is 0. The highest BCUT2D eigenvalue weighted by atomic mass is 79.9. The van der Waals surface area contributed by atoms with E-state index in [4.69, 9.17) is 9.47 Å². The van der Waals surface area contributed by atoms with Crippen LogP contribution in [0.2, 0.25) is 0 Å². The van der Waals surface area contributed by atoms with Crippen LogP contribution in [-0.4, -0.2) is 23.7 Å². The van der Waals surface area contributed by atoms with E-state index in [0.717, 1.165) is 32.3 Å². The van der Waals surface area contributed by atoms with Crippen LogP contribution in [0.1, 0.15) is 0 Å². The maximum absolute atomic E-state index is 5.55. The number of methoxy groups -OCH3 is 1. The molecular formula is C16H15BrN2O2. The third kappa shape index (κ3) is 2.94. The fraction of sp³-hybridized carbons (Fsp3) is 0.188. The van der Waals surface area contributed by atoms with Crippen molar-refractivity contribution in [2.75, 3.05) is 13.9 Å². The number of benzene rings is 2. The van der Waals surface area contributed by atoms with Crippen molar-refractivity contribution >= 4 is 26.8 Å². The molecule has 0 saturated carbocycles. The molecule has 4 nitrogen and oxygen atoms in total. The van der Waals surface area contributed by atoms with Crippen molar-refractivity contribution in [1.82, 2.24) is 9.78 Å². The van der Waals surface area contributed by atoms with Crippen molar-refractivity contribution < 1.29 is 9.47 Å². The van der Waals surface area contributed by atoms with E-state index in [9.17, 15) is 0 Å². The van der Waals surface area contributed by atoms with Crippen molar-refractivity contribution in [3.8, 4) is 16.9 Å². The van der Waals surface area contributed by atoms with Crippen LogP contribution >= 0.6 is 15.9 Å². The molecule has 1 aromatic heterocycles. The highest BCUT2D eigenvalue weighted by Crippen LogP contribution is 2.32. The van der Waals surface area contributed by atoms with Crippen molar-refractivity contribution in [2.24, 2.45) is 7.05 Å². The smallest absolute Gasteiger partial charge is 0.188 e. The molecule has 3 rings (SSSR count). The van der Waals surface area contributed by atoms with E-state index in [2.05, 4.69) is 39.2 Å². The Morgan fingerprint density at radius 3 is 2.71 bits per heavy atom. The molecule has 0 saturated heterocycles. The second-order valence-corrected chi connectivity index (χ2v) is 5.63. The molecular weight excluding hydrogens is 332 g/mol. The predicted molar refractivity (Wildman–Crippen MR) is 86.4 cm³/mol. The van der Waals surface area contributed by atoms with E-state index in [1.807, 2.05) is 36.1 Å². The summed E-state index contributed by atoms with van der Waals surface area (Å²) in [5.74, 6) is 0.764. The van der Waals surface area contributed by atoms with Crippen molar-refractivity contribution in [2.45, 2.75) is 0 Å². The van der Waals surface area contributed by atoms with E-state index >= 15 is 0 Å². The number of rotatable bonds is 4. The summed E-state index contributed by atoms with van der Waals surface area (Å²) < 4.78 is 13.2. The van der Waals surface area contributed by atoms with E-state index in [1.165, 1.54) is 0 Å². The minimum atomic E-state index is 0.226. The number of hydrogen-bond acceptors (Lipinski definition) is 3. The predicted octanol–water partition coefficient (Wildman–Crippen LogP) is 3.99. The van der Waals surface area contributed by atoms with Crippen molar-refractivity contribution in [1.29, 1.82) is 0 Å². The van der Waals surface area contributed by atoms with Crippen LogP contribution in [-0.2, 0) is 11.8 Å². The third-order valence-electron chi connectivity index (χ3n) is 3.22. The molecule has 0 aliphatic heterocycles. The van der Waals surface area contributed by atoms with Crippen LogP contribution in [0.15, 0.2) is 47.1 Å². The van der Waals surface area contributed by atoms with Gasteiger partial charge in [0.15, 0.2) is 6.79 Å². The summed E-state index contributed by atoms with van der Waals surface area (Å²) in [6, 6.07) is 12.3. The number of nitrogens with zero attached hydrogens (tertiary/aromatic N) is 2. The van der Waals surface area contributed by atoms with E-state index in [1.54, 1.807) is 7.11 Å². The first-order chi connectivity index (χ1) is 10.2. The summed E-state index contributed by atoms with van der Waals surface area (Å²) in [6.07, 6.45) is 2.01. The molecule has 0 amide bonds. The fourth-order valence-electron chi connectivity index (χ4n) is 2.24. The number of aromatic nitrogens is 2. The van der Waals surface area contributed by atoms with Crippen molar-refractivity contribution in [3.05, 3.63) is 47.1 Å². The van der Waals surface area contributed by atoms with Gasteiger partial charge in [0.05, 0.1) is 9.99 Å². The molecule has 2 aromatic carbocycles. The highest BCUT2D eigenvalue weighted by Gasteiger charge is 2.07. The van der Waals surface area contributed by atoms with Gasteiger partial charge in [0.1, 0.15) is 5.75 Å². The lowest BCUT2D eigenvalue weighted by Crippen LogP contribution is -1.99. The monoisotopic (exact) mass is 346 g/mol. The van der Waals surface area contributed by atoms with Gasteiger partial charge in [-0.25, -0.2) is 0 Å². The van der Waals surface area contributed by atoms with Gasteiger partial charge < -0.3 is 9.47 Å². The maximum Gasteiger partial charge on any atom is 0.188 e. The molecule has 0 radical (unpaired) electrons. The third-order valence-corrected chi connectivity index (χ3v) is 3.87. The van der Waals surface area contributed by atoms with Crippen LogP contribution in [0, 0.1) is 0 Å². The lowest BCUT2D eigenvalue weighted by atomic mass is 10.0. The molecule has 0 unspecified atom stereocenters. The number of ether oxygens (including phenoxy) is 2. The second kappa shape index (κ2) is 5.87. The zero-order valence-corrected chi connectivity index (χ0v) is 13.4. The largest absolute Gasteiger partial charge is 0.466 e. The average Bonchev–Trinajstić information content (AvgIpc) is 2.85. The Bertz CT molecular complexity index is 783. The zero-order chi connectivity index (χ0) is 14.8. The van der Waals surface area contributed by atoms with Crippen LogP contribution in [0.5, 0.6) is 5.75 Å². The fourth-order valence-corrected chi connectivity index (χ4v) is 2.61. The molecule has 0 bridgehead atoms. The van der Waals surface area contributed by atoms with Gasteiger partial charge in [0.25, 0.3) is 0 Å². The first-order valence-corrected chi connectivity index (χ1v) is 7.32. The minimum Gasteiger partial charge on any atom is -0.466 e. The molecule has 0 aliphatic rings. The van der Waals surface area contributed by atoms with Gasteiger partial charge in [-0.3, -0.25) is 4.68 Å². The standard InChI is InChI=1S/C16H15BrN2O2/c1-19-9-13-7-11(4-6-15(13)18-19)12-3-5-14(17)16(8-12)21-10-20-2/h3-9H,10H2,1-2H3. The van der Waals surface area contributed by atoms with Gasteiger partial charge in [-0.15, -0.1) is 0 Å². The summed E-state index contributed by atoms with van der Waals surface area (Å²) in [5, 5.41) is 5.51. The Morgan fingerprint density at radius 1 is 1.14 bits per heavy atom. The lowest BCUT2D eigenvalue weighted by molar-refractivity contribution is 0.0506. The first-order valence-electron chi connectivity index (χ1n) is 6.52. The Balaban J connectivity index is 2.00. The van der Waals surface area contributed by atoms with Crippen LogP contribution in [0.3, 0.4) is 0 Å². The molecule has 0 aliphatic carbocycles. The van der Waals surface area contributed by atoms with E-state index in [0.29, 0.717) is 0 Å². The summed E-state index contributed by atoms with van der Waals surface area (Å²) in [5.41, 5.74) is 3.22. The summed E-state index contributed by atoms with van der Waals surface area (Å²) >= 11 is 3.48. The Labute approximate surface area is 131 Å². The normalized spacial score (nSPS) is 11.0. The molecule has 3 aromatic rings.